The lowest BCUT2D eigenvalue weighted by atomic mass is 10.1. The highest BCUT2D eigenvalue weighted by Crippen LogP contribution is 2.44. The molecular weight excluding hydrogens is 467 g/mol. The van der Waals surface area contributed by atoms with Gasteiger partial charge in [0.05, 0.1) is 32.5 Å². The highest BCUT2D eigenvalue weighted by molar-refractivity contribution is 7.90. The molecule has 4 rings (SSSR count). The molecule has 1 aromatic heterocycles. The fourth-order valence-corrected chi connectivity index (χ4v) is 5.59. The second-order valence-electron chi connectivity index (χ2n) is 7.64. The molecule has 1 saturated carbocycles. The Morgan fingerprint density at radius 3 is 2.34 bits per heavy atom. The second kappa shape index (κ2) is 7.97. The Kier molecular flexibility index (Phi) is 5.58. The molecule has 5 nitrogen and oxygen atoms in total. The number of aromatic nitrogens is 1. The Hall–Kier alpha value is -2.78. The van der Waals surface area contributed by atoms with Crippen molar-refractivity contribution in [1.29, 1.82) is 0 Å². The van der Waals surface area contributed by atoms with Gasteiger partial charge in [-0.05, 0) is 66.3 Å². The normalized spacial score (nSPS) is 14.5. The summed E-state index contributed by atoms with van der Waals surface area (Å²) in [7, 11) is -4.18. The van der Waals surface area contributed by atoms with Gasteiger partial charge in [0.15, 0.2) is 9.84 Å². The van der Waals surface area contributed by atoms with Crippen molar-refractivity contribution >= 4 is 27.4 Å². The van der Waals surface area contributed by atoms with Gasteiger partial charge >= 0.3 is 12.1 Å². The van der Waals surface area contributed by atoms with Crippen molar-refractivity contribution in [2.75, 3.05) is 0 Å². The number of rotatable bonds is 6. The molecule has 168 valence electrons. The highest BCUT2D eigenvalue weighted by atomic mass is 35.5. The van der Waals surface area contributed by atoms with Gasteiger partial charge in [0.1, 0.15) is 0 Å². The molecule has 0 aliphatic heterocycles. The van der Waals surface area contributed by atoms with Crippen LogP contribution in [0, 0.1) is 0 Å². The molecule has 0 spiro atoms. The first-order valence-corrected chi connectivity index (χ1v) is 11.6. The lowest BCUT2D eigenvalue weighted by Gasteiger charge is -2.17. The van der Waals surface area contributed by atoms with Crippen molar-refractivity contribution < 1.29 is 31.5 Å². The van der Waals surface area contributed by atoms with Crippen LogP contribution in [-0.2, 0) is 21.8 Å². The summed E-state index contributed by atoms with van der Waals surface area (Å²) in [6, 6.07) is 9.02. The third-order valence-electron chi connectivity index (χ3n) is 5.31. The van der Waals surface area contributed by atoms with Gasteiger partial charge in [-0.1, -0.05) is 17.7 Å². The van der Waals surface area contributed by atoms with E-state index in [-0.39, 0.29) is 27.6 Å². The van der Waals surface area contributed by atoms with Crippen LogP contribution >= 0.6 is 11.6 Å². The van der Waals surface area contributed by atoms with Crippen LogP contribution in [0.4, 0.5) is 13.2 Å². The molecular formula is C22H17ClF3NO4S. The summed E-state index contributed by atoms with van der Waals surface area (Å²) in [6.45, 7) is 0. The number of sulfone groups is 1. The number of carbonyl (C=O) groups is 1. The van der Waals surface area contributed by atoms with Crippen LogP contribution in [0.5, 0.6) is 0 Å². The lowest BCUT2D eigenvalue weighted by molar-refractivity contribution is -0.137. The fraction of sp³-hybridized carbons (Fsp3) is 0.227. The number of hydrogen-bond donors (Lipinski definition) is 1. The van der Waals surface area contributed by atoms with E-state index in [2.05, 4.69) is 0 Å². The Balaban J connectivity index is 1.86. The number of alkyl halides is 3. The van der Waals surface area contributed by atoms with Gasteiger partial charge in [0, 0.05) is 12.4 Å². The van der Waals surface area contributed by atoms with Crippen LogP contribution in [0.3, 0.4) is 0 Å². The van der Waals surface area contributed by atoms with Gasteiger partial charge in [0.2, 0.25) is 0 Å². The molecule has 0 saturated heterocycles. The molecule has 0 unspecified atom stereocenters. The molecule has 1 N–H and O–H groups in total. The van der Waals surface area contributed by atoms with Gasteiger partial charge < -0.3 is 9.67 Å². The van der Waals surface area contributed by atoms with Gasteiger partial charge in [-0.15, -0.1) is 0 Å². The maximum Gasteiger partial charge on any atom is 0.417 e. The number of halogens is 4. The summed E-state index contributed by atoms with van der Waals surface area (Å²) >= 11 is 5.87. The minimum Gasteiger partial charge on any atom is -0.478 e. The van der Waals surface area contributed by atoms with E-state index in [1.54, 1.807) is 24.5 Å². The summed E-state index contributed by atoms with van der Waals surface area (Å²) in [4.78, 5) is 11.2. The number of aromatic carboxylic acids is 1. The zero-order valence-electron chi connectivity index (χ0n) is 16.4. The number of hydrogen-bond acceptors (Lipinski definition) is 3. The van der Waals surface area contributed by atoms with Crippen molar-refractivity contribution in [3.63, 3.8) is 0 Å². The van der Waals surface area contributed by atoms with Crippen LogP contribution in [0.25, 0.3) is 5.69 Å². The number of carboxylic acids is 1. The van der Waals surface area contributed by atoms with Gasteiger partial charge in [-0.2, -0.15) is 13.2 Å². The van der Waals surface area contributed by atoms with E-state index in [9.17, 15) is 31.5 Å². The maximum atomic E-state index is 13.5. The van der Waals surface area contributed by atoms with Crippen molar-refractivity contribution in [2.45, 2.75) is 35.6 Å². The molecule has 3 aromatic rings. The predicted octanol–water partition coefficient (Wildman–Crippen LogP) is 5.70. The van der Waals surface area contributed by atoms with Crippen LogP contribution < -0.4 is 0 Å². The summed E-state index contributed by atoms with van der Waals surface area (Å²) in [6.07, 6.45) is -0.107. The molecule has 0 atom stereocenters. The number of carboxylic acid groups (broad SMARTS) is 1. The van der Waals surface area contributed by atoms with Gasteiger partial charge in [-0.25, -0.2) is 13.2 Å². The van der Waals surface area contributed by atoms with Gasteiger partial charge in [0.25, 0.3) is 0 Å². The van der Waals surface area contributed by atoms with Crippen LogP contribution in [0.2, 0.25) is 5.02 Å². The standard InChI is InChI=1S/C22H17ClF3NO4S/c23-18-11-19(27-7-1-2-8-27)15(9-17(18)22(24,25)26)12-32(30,31)20-10-14(21(28)29)5-6-16(20)13-3-4-13/h1-2,5-11,13H,3-4,12H2,(H,28,29). The van der Waals surface area contributed by atoms with Crippen molar-refractivity contribution in [1.82, 2.24) is 4.57 Å². The van der Waals surface area contributed by atoms with E-state index in [4.69, 9.17) is 11.6 Å². The quantitative estimate of drug-likeness (QED) is 0.488. The largest absolute Gasteiger partial charge is 0.478 e. The molecule has 1 aliphatic carbocycles. The minimum atomic E-state index is -4.77. The molecule has 1 aliphatic rings. The average Bonchev–Trinajstić information content (AvgIpc) is 3.41. The first-order chi connectivity index (χ1) is 15.0. The summed E-state index contributed by atoms with van der Waals surface area (Å²) in [5, 5.41) is 8.75. The predicted molar refractivity (Wildman–Crippen MR) is 112 cm³/mol. The molecule has 32 heavy (non-hydrogen) atoms. The Labute approximate surface area is 187 Å². The summed E-state index contributed by atoms with van der Waals surface area (Å²) in [5.41, 5.74) is -0.755. The van der Waals surface area contributed by atoms with E-state index in [1.807, 2.05) is 0 Å². The fourth-order valence-electron chi connectivity index (χ4n) is 3.63. The minimum absolute atomic E-state index is 0.0116. The molecule has 1 fully saturated rings. The van der Waals surface area contributed by atoms with Crippen LogP contribution in [0.15, 0.2) is 59.8 Å². The van der Waals surface area contributed by atoms with Crippen molar-refractivity contribution in [2.24, 2.45) is 0 Å². The third-order valence-corrected chi connectivity index (χ3v) is 7.34. The molecule has 0 radical (unpaired) electrons. The average molecular weight is 484 g/mol. The highest BCUT2D eigenvalue weighted by Gasteiger charge is 2.36. The Morgan fingerprint density at radius 2 is 1.78 bits per heavy atom. The Bertz CT molecular complexity index is 1300. The van der Waals surface area contributed by atoms with E-state index >= 15 is 0 Å². The molecule has 0 bridgehead atoms. The van der Waals surface area contributed by atoms with Crippen LogP contribution in [0.1, 0.15) is 45.8 Å². The zero-order chi connectivity index (χ0) is 23.3. The van der Waals surface area contributed by atoms with E-state index < -0.39 is 38.3 Å². The number of nitrogens with zero attached hydrogens (tertiary/aromatic N) is 1. The lowest BCUT2D eigenvalue weighted by Crippen LogP contribution is -2.14. The van der Waals surface area contributed by atoms with Crippen molar-refractivity contribution in [3.8, 4) is 5.69 Å². The molecule has 2 aromatic carbocycles. The van der Waals surface area contributed by atoms with Gasteiger partial charge in [-0.3, -0.25) is 0 Å². The number of benzene rings is 2. The SMILES string of the molecule is O=C(O)c1ccc(C2CC2)c(S(=O)(=O)Cc2cc(C(F)(F)F)c(Cl)cc2-n2cccc2)c1. The first kappa shape index (κ1) is 22.4. The van der Waals surface area contributed by atoms with E-state index in [1.165, 1.54) is 16.7 Å². The second-order valence-corrected chi connectivity index (χ2v) is 10.0. The van der Waals surface area contributed by atoms with E-state index in [0.29, 0.717) is 5.56 Å². The molecule has 0 amide bonds. The summed E-state index contributed by atoms with van der Waals surface area (Å²) in [5.74, 6) is -2.05. The smallest absolute Gasteiger partial charge is 0.417 e. The third kappa shape index (κ3) is 4.40. The topological polar surface area (TPSA) is 76.4 Å². The van der Waals surface area contributed by atoms with E-state index in [0.717, 1.165) is 31.0 Å². The molecule has 1 heterocycles. The van der Waals surface area contributed by atoms with Crippen LogP contribution in [-0.4, -0.2) is 24.1 Å². The first-order valence-electron chi connectivity index (χ1n) is 9.60. The summed E-state index contributed by atoms with van der Waals surface area (Å²) < 4.78 is 68.7. The molecule has 10 heteroatoms. The van der Waals surface area contributed by atoms with Crippen molar-refractivity contribution in [3.05, 3.63) is 82.1 Å². The maximum absolute atomic E-state index is 13.5. The Morgan fingerprint density at radius 1 is 1.12 bits per heavy atom. The monoisotopic (exact) mass is 483 g/mol. The zero-order valence-corrected chi connectivity index (χ0v) is 18.0.